The van der Waals surface area contributed by atoms with Gasteiger partial charge in [0.25, 0.3) is 11.8 Å². The Balaban J connectivity index is 1.70. The normalized spacial score (nSPS) is 18.6. The maximum atomic E-state index is 12.3. The largest absolute Gasteiger partial charge is 0.481 e. The van der Waals surface area contributed by atoms with Crippen LogP contribution in [0.4, 0.5) is 0 Å². The fraction of sp³-hybridized carbons (Fsp3) is 0.412. The summed E-state index contributed by atoms with van der Waals surface area (Å²) in [7, 11) is 0. The number of carboxylic acid groups (broad SMARTS) is 1. The average molecular weight is 330 g/mol. The van der Waals surface area contributed by atoms with Crippen LogP contribution < -0.4 is 5.32 Å². The molecule has 1 fully saturated rings. The highest BCUT2D eigenvalue weighted by atomic mass is 16.4. The molecule has 1 saturated carbocycles. The number of carbonyl (C=O) groups is 4. The molecule has 1 aliphatic carbocycles. The second-order valence-electron chi connectivity index (χ2n) is 6.35. The van der Waals surface area contributed by atoms with E-state index in [4.69, 9.17) is 5.11 Å². The van der Waals surface area contributed by atoms with Crippen molar-refractivity contribution >= 4 is 23.7 Å². The summed E-state index contributed by atoms with van der Waals surface area (Å²) >= 11 is 0. The monoisotopic (exact) mass is 330 g/mol. The number of nitrogens with zero attached hydrogens (tertiary/aromatic N) is 1. The van der Waals surface area contributed by atoms with E-state index in [-0.39, 0.29) is 17.5 Å². The molecule has 0 unspecified atom stereocenters. The Morgan fingerprint density at radius 2 is 1.62 bits per heavy atom. The first kappa shape index (κ1) is 16.2. The van der Waals surface area contributed by atoms with Crippen LogP contribution in [0.1, 0.15) is 52.8 Å². The maximum absolute atomic E-state index is 12.3. The predicted molar refractivity (Wildman–Crippen MR) is 83.4 cm³/mol. The van der Waals surface area contributed by atoms with Crippen molar-refractivity contribution in [2.24, 2.45) is 0 Å². The van der Waals surface area contributed by atoms with Gasteiger partial charge in [0, 0.05) is 0 Å². The number of nitrogens with one attached hydrogen (secondary N) is 1. The van der Waals surface area contributed by atoms with E-state index in [9.17, 15) is 19.2 Å². The summed E-state index contributed by atoms with van der Waals surface area (Å²) < 4.78 is 0. The molecular formula is C17H18N2O5. The molecule has 3 rings (SSSR count). The molecule has 1 heterocycles. The topological polar surface area (TPSA) is 104 Å². The first-order valence-electron chi connectivity index (χ1n) is 7.90. The number of hydrogen-bond donors (Lipinski definition) is 2. The van der Waals surface area contributed by atoms with Crippen LogP contribution in [-0.4, -0.2) is 45.8 Å². The lowest BCUT2D eigenvalue weighted by atomic mass is 9.93. The highest BCUT2D eigenvalue weighted by molar-refractivity contribution is 6.22. The average Bonchev–Trinajstić information content (AvgIpc) is 3.06. The maximum Gasteiger partial charge on any atom is 0.305 e. The molecule has 2 aliphatic rings. The van der Waals surface area contributed by atoms with Crippen LogP contribution in [0, 0.1) is 0 Å². The molecule has 0 saturated heterocycles. The van der Waals surface area contributed by atoms with Gasteiger partial charge in [-0.25, -0.2) is 0 Å². The van der Waals surface area contributed by atoms with Gasteiger partial charge in [-0.05, 0) is 25.0 Å². The van der Waals surface area contributed by atoms with Crippen LogP contribution in [0.3, 0.4) is 0 Å². The van der Waals surface area contributed by atoms with Gasteiger partial charge < -0.3 is 10.4 Å². The van der Waals surface area contributed by atoms with Gasteiger partial charge in [0.1, 0.15) is 6.54 Å². The van der Waals surface area contributed by atoms with Crippen LogP contribution >= 0.6 is 0 Å². The second-order valence-corrected chi connectivity index (χ2v) is 6.35. The van der Waals surface area contributed by atoms with Crippen molar-refractivity contribution in [2.45, 2.75) is 37.6 Å². The van der Waals surface area contributed by atoms with Gasteiger partial charge in [-0.2, -0.15) is 0 Å². The van der Waals surface area contributed by atoms with E-state index >= 15 is 0 Å². The van der Waals surface area contributed by atoms with E-state index in [1.54, 1.807) is 24.3 Å². The summed E-state index contributed by atoms with van der Waals surface area (Å²) in [5, 5.41) is 11.8. The molecule has 1 aromatic carbocycles. The SMILES string of the molecule is O=C(O)CC1(NC(=O)CN2C(=O)c3ccccc3C2=O)CCCC1. The van der Waals surface area contributed by atoms with E-state index < -0.39 is 35.8 Å². The van der Waals surface area contributed by atoms with Crippen LogP contribution in [0.25, 0.3) is 0 Å². The van der Waals surface area contributed by atoms with E-state index in [1.807, 2.05) is 0 Å². The molecule has 0 bridgehead atoms. The first-order chi connectivity index (χ1) is 11.4. The number of carboxylic acids is 1. The lowest BCUT2D eigenvalue weighted by molar-refractivity contribution is -0.139. The third-order valence-corrected chi connectivity index (χ3v) is 4.63. The van der Waals surface area contributed by atoms with Gasteiger partial charge in [0.2, 0.25) is 5.91 Å². The Labute approximate surface area is 138 Å². The number of aliphatic carboxylic acids is 1. The predicted octanol–water partition coefficient (Wildman–Crippen LogP) is 1.19. The van der Waals surface area contributed by atoms with E-state index in [2.05, 4.69) is 5.32 Å². The summed E-state index contributed by atoms with van der Waals surface area (Å²) in [6.07, 6.45) is 2.72. The lowest BCUT2D eigenvalue weighted by Crippen LogP contribution is -2.51. The van der Waals surface area contributed by atoms with Crippen molar-refractivity contribution in [1.82, 2.24) is 10.2 Å². The number of imide groups is 1. The number of fused-ring (bicyclic) bond motifs is 1. The van der Waals surface area contributed by atoms with Crippen molar-refractivity contribution in [3.8, 4) is 0 Å². The summed E-state index contributed by atoms with van der Waals surface area (Å²) in [4.78, 5) is 48.8. The molecule has 1 aromatic rings. The molecule has 0 spiro atoms. The highest BCUT2D eigenvalue weighted by Gasteiger charge is 2.40. The molecule has 7 nitrogen and oxygen atoms in total. The molecule has 0 atom stereocenters. The third-order valence-electron chi connectivity index (χ3n) is 4.63. The molecule has 2 N–H and O–H groups in total. The number of benzene rings is 1. The zero-order valence-corrected chi connectivity index (χ0v) is 13.1. The van der Waals surface area contributed by atoms with E-state index in [0.29, 0.717) is 12.8 Å². The fourth-order valence-corrected chi connectivity index (χ4v) is 3.55. The standard InChI is InChI=1S/C17H18N2O5/c20-13(18-17(9-14(21)22)7-3-4-8-17)10-19-15(23)11-5-1-2-6-12(11)16(19)24/h1-2,5-6H,3-4,7-10H2,(H,18,20)(H,21,22). The number of carbonyl (C=O) groups excluding carboxylic acids is 3. The van der Waals surface area contributed by atoms with Gasteiger partial charge >= 0.3 is 5.97 Å². The van der Waals surface area contributed by atoms with Crippen molar-refractivity contribution < 1.29 is 24.3 Å². The Kier molecular flexibility index (Phi) is 4.09. The summed E-state index contributed by atoms with van der Waals surface area (Å²) in [5.41, 5.74) is -0.200. The van der Waals surface area contributed by atoms with Gasteiger partial charge in [-0.3, -0.25) is 24.1 Å². The number of amides is 3. The molecule has 126 valence electrons. The minimum Gasteiger partial charge on any atom is -0.481 e. The fourth-order valence-electron chi connectivity index (χ4n) is 3.55. The van der Waals surface area contributed by atoms with Crippen LogP contribution in [0.15, 0.2) is 24.3 Å². The first-order valence-corrected chi connectivity index (χ1v) is 7.90. The van der Waals surface area contributed by atoms with Gasteiger partial charge in [-0.1, -0.05) is 25.0 Å². The molecule has 7 heteroatoms. The Morgan fingerprint density at radius 1 is 1.08 bits per heavy atom. The Bertz CT molecular complexity index is 686. The summed E-state index contributed by atoms with van der Waals surface area (Å²) in [6.45, 7) is -0.395. The van der Waals surface area contributed by atoms with E-state index in [1.165, 1.54) is 0 Å². The van der Waals surface area contributed by atoms with Crippen LogP contribution in [0.2, 0.25) is 0 Å². The van der Waals surface area contributed by atoms with Crippen molar-refractivity contribution in [3.05, 3.63) is 35.4 Å². The van der Waals surface area contributed by atoms with Gasteiger partial charge in [0.05, 0.1) is 23.1 Å². The zero-order valence-electron chi connectivity index (χ0n) is 13.1. The Morgan fingerprint density at radius 3 is 2.12 bits per heavy atom. The molecule has 24 heavy (non-hydrogen) atoms. The smallest absolute Gasteiger partial charge is 0.305 e. The quantitative estimate of drug-likeness (QED) is 0.789. The minimum atomic E-state index is -0.974. The second kappa shape index (κ2) is 6.07. The van der Waals surface area contributed by atoms with E-state index in [0.717, 1.165) is 17.7 Å². The molecule has 1 aliphatic heterocycles. The molecular weight excluding hydrogens is 312 g/mol. The van der Waals surface area contributed by atoms with Crippen molar-refractivity contribution in [1.29, 1.82) is 0 Å². The minimum absolute atomic E-state index is 0.152. The zero-order chi connectivity index (χ0) is 17.3. The molecule has 3 amide bonds. The van der Waals surface area contributed by atoms with Gasteiger partial charge in [0.15, 0.2) is 0 Å². The third kappa shape index (κ3) is 2.89. The summed E-state index contributed by atoms with van der Waals surface area (Å²) in [5.74, 6) is -2.47. The van der Waals surface area contributed by atoms with Crippen molar-refractivity contribution in [2.75, 3.05) is 6.54 Å². The van der Waals surface area contributed by atoms with Crippen molar-refractivity contribution in [3.63, 3.8) is 0 Å². The number of hydrogen-bond acceptors (Lipinski definition) is 4. The molecule has 0 aromatic heterocycles. The van der Waals surface area contributed by atoms with Gasteiger partial charge in [-0.15, -0.1) is 0 Å². The number of rotatable bonds is 5. The Hall–Kier alpha value is -2.70. The van der Waals surface area contributed by atoms with Crippen LogP contribution in [0.5, 0.6) is 0 Å². The lowest BCUT2D eigenvalue weighted by Gasteiger charge is -2.29. The summed E-state index contributed by atoms with van der Waals surface area (Å²) in [6, 6.07) is 6.43. The highest BCUT2D eigenvalue weighted by Crippen LogP contribution is 2.32. The molecule has 0 radical (unpaired) electrons. The van der Waals surface area contributed by atoms with Crippen LogP contribution in [-0.2, 0) is 9.59 Å².